The van der Waals surface area contributed by atoms with Crippen molar-refractivity contribution in [3.05, 3.63) is 93.5 Å². The van der Waals surface area contributed by atoms with E-state index < -0.39 is 17.7 Å². The van der Waals surface area contributed by atoms with E-state index in [9.17, 15) is 14.7 Å². The maximum absolute atomic E-state index is 13.9. The van der Waals surface area contributed by atoms with Crippen molar-refractivity contribution in [2.45, 2.75) is 62.8 Å². The van der Waals surface area contributed by atoms with Crippen LogP contribution in [0.4, 0.5) is 5.13 Å². The summed E-state index contributed by atoms with van der Waals surface area (Å²) < 4.78 is 18.5. The molecule has 9 nitrogen and oxygen atoms in total. The molecule has 3 heterocycles. The van der Waals surface area contributed by atoms with E-state index in [1.54, 1.807) is 30.3 Å². The first-order chi connectivity index (χ1) is 23.1. The van der Waals surface area contributed by atoms with Crippen LogP contribution in [0.25, 0.3) is 5.76 Å². The van der Waals surface area contributed by atoms with Crippen molar-refractivity contribution in [2.75, 3.05) is 18.1 Å². The lowest BCUT2D eigenvalue weighted by Gasteiger charge is -2.24. The summed E-state index contributed by atoms with van der Waals surface area (Å²) >= 11 is 8.70. The summed E-state index contributed by atoms with van der Waals surface area (Å²) in [5.74, 6) is 0.957. The van der Waals surface area contributed by atoms with Crippen molar-refractivity contribution in [2.24, 2.45) is 5.92 Å². The standard InChI is InChI=1S/C36H36ClN3O6S2/c1-5-44-29-18-23(8-13-28(29)45-15-14-20(2)3)31-30(32(41)24-9-12-27-25(17-24)16-21(4)46-27)33(42)34(43)40(31)35-38-39-36(48-35)47-19-22-6-10-26(37)11-7-22/h6-13,17-18,20-21,31,41H,5,14-16,19H2,1-4H3/t21-,31-/m0/s1. The molecule has 1 amide bonds. The molecule has 12 heteroatoms. The Kier molecular flexibility index (Phi) is 10.3. The van der Waals surface area contributed by atoms with Gasteiger partial charge >= 0.3 is 5.91 Å². The second kappa shape index (κ2) is 14.6. The number of amides is 1. The zero-order valence-electron chi connectivity index (χ0n) is 27.1. The zero-order chi connectivity index (χ0) is 33.9. The van der Waals surface area contributed by atoms with Gasteiger partial charge in [-0.1, -0.05) is 66.7 Å². The minimum atomic E-state index is -1.00. The van der Waals surface area contributed by atoms with E-state index in [1.807, 2.05) is 44.2 Å². The zero-order valence-corrected chi connectivity index (χ0v) is 29.5. The van der Waals surface area contributed by atoms with Crippen molar-refractivity contribution < 1.29 is 28.9 Å². The molecule has 2 atom stereocenters. The fourth-order valence-corrected chi connectivity index (χ4v) is 7.59. The number of carbonyl (C=O) groups excluding carboxylic acids is 2. The van der Waals surface area contributed by atoms with Crippen LogP contribution in [0, 0.1) is 5.92 Å². The predicted molar refractivity (Wildman–Crippen MR) is 189 cm³/mol. The van der Waals surface area contributed by atoms with E-state index in [0.717, 1.165) is 23.3 Å². The van der Waals surface area contributed by atoms with Crippen LogP contribution in [-0.2, 0) is 21.8 Å². The Balaban J connectivity index is 1.40. The largest absolute Gasteiger partial charge is 0.507 e. The Hall–Kier alpha value is -4.06. The molecule has 1 N–H and O–H groups in total. The molecule has 1 saturated heterocycles. The summed E-state index contributed by atoms with van der Waals surface area (Å²) in [7, 11) is 0. The molecule has 0 spiro atoms. The fourth-order valence-electron chi connectivity index (χ4n) is 5.64. The summed E-state index contributed by atoms with van der Waals surface area (Å²) in [6, 6.07) is 17.2. The van der Waals surface area contributed by atoms with Gasteiger partial charge in [0.2, 0.25) is 5.13 Å². The van der Waals surface area contributed by atoms with Gasteiger partial charge in [0.25, 0.3) is 5.78 Å². The highest BCUT2D eigenvalue weighted by molar-refractivity contribution is 8.00. The number of nitrogens with zero attached hydrogens (tertiary/aromatic N) is 3. The number of aromatic nitrogens is 2. The smallest absolute Gasteiger partial charge is 0.301 e. The van der Waals surface area contributed by atoms with Crippen molar-refractivity contribution in [1.29, 1.82) is 0 Å². The molecule has 3 aromatic carbocycles. The molecule has 250 valence electrons. The van der Waals surface area contributed by atoms with E-state index in [1.165, 1.54) is 28.0 Å². The molecule has 2 aliphatic rings. The van der Waals surface area contributed by atoms with Gasteiger partial charge in [-0.3, -0.25) is 14.5 Å². The van der Waals surface area contributed by atoms with Gasteiger partial charge in [-0.05, 0) is 85.3 Å². The average molecular weight is 706 g/mol. The number of anilines is 1. The highest BCUT2D eigenvalue weighted by atomic mass is 35.5. The Morgan fingerprint density at radius 3 is 2.62 bits per heavy atom. The van der Waals surface area contributed by atoms with Gasteiger partial charge in [-0.15, -0.1) is 10.2 Å². The Morgan fingerprint density at radius 2 is 1.88 bits per heavy atom. The first kappa shape index (κ1) is 33.8. The molecule has 6 rings (SSSR count). The van der Waals surface area contributed by atoms with Gasteiger partial charge in [0.1, 0.15) is 17.6 Å². The Bertz CT molecular complexity index is 1860. The maximum Gasteiger partial charge on any atom is 0.301 e. The molecular weight excluding hydrogens is 670 g/mol. The number of hydrogen-bond donors (Lipinski definition) is 1. The number of hydrogen-bond acceptors (Lipinski definition) is 10. The molecule has 4 aromatic rings. The number of halogens is 1. The van der Waals surface area contributed by atoms with Gasteiger partial charge in [0.15, 0.2) is 15.8 Å². The monoisotopic (exact) mass is 705 g/mol. The molecule has 0 bridgehead atoms. The van der Waals surface area contributed by atoms with Crippen molar-refractivity contribution in [3.8, 4) is 17.2 Å². The number of carbonyl (C=O) groups is 2. The number of aliphatic hydroxyl groups is 1. The van der Waals surface area contributed by atoms with Crippen molar-refractivity contribution in [1.82, 2.24) is 10.2 Å². The number of ketones is 1. The second-order valence-corrected chi connectivity index (χ2v) is 14.7. The quantitative estimate of drug-likeness (QED) is 0.0512. The minimum absolute atomic E-state index is 0.00500. The lowest BCUT2D eigenvalue weighted by molar-refractivity contribution is -0.132. The fraction of sp³-hybridized carbons (Fsp3) is 0.333. The summed E-state index contributed by atoms with van der Waals surface area (Å²) in [6.07, 6.45) is 1.55. The number of rotatable bonds is 12. The third-order valence-electron chi connectivity index (χ3n) is 8.03. The third-order valence-corrected chi connectivity index (χ3v) is 10.4. The molecule has 0 aliphatic carbocycles. The first-order valence-corrected chi connectivity index (χ1v) is 18.0. The Morgan fingerprint density at radius 1 is 1.08 bits per heavy atom. The Labute approximate surface area is 292 Å². The number of thioether (sulfide) groups is 1. The number of Topliss-reactive ketones (excluding diaryl/α,β-unsaturated/α-hetero) is 1. The molecule has 1 fully saturated rings. The summed E-state index contributed by atoms with van der Waals surface area (Å²) in [4.78, 5) is 29.0. The van der Waals surface area contributed by atoms with E-state index in [2.05, 4.69) is 24.0 Å². The third kappa shape index (κ3) is 7.18. The van der Waals surface area contributed by atoms with E-state index >= 15 is 0 Å². The molecule has 1 aromatic heterocycles. The number of benzene rings is 3. The van der Waals surface area contributed by atoms with Crippen LogP contribution in [0.1, 0.15) is 62.4 Å². The summed E-state index contributed by atoms with van der Waals surface area (Å²) in [5, 5.41) is 21.3. The molecule has 0 saturated carbocycles. The van der Waals surface area contributed by atoms with Crippen LogP contribution in [-0.4, -0.2) is 46.3 Å². The topological polar surface area (TPSA) is 111 Å². The molecule has 2 aliphatic heterocycles. The average Bonchev–Trinajstić information content (AvgIpc) is 3.75. The van der Waals surface area contributed by atoms with E-state index in [0.29, 0.717) is 63.3 Å². The predicted octanol–water partition coefficient (Wildman–Crippen LogP) is 8.26. The number of ether oxygens (including phenoxy) is 3. The van der Waals surface area contributed by atoms with Gasteiger partial charge in [-0.25, -0.2) is 0 Å². The van der Waals surface area contributed by atoms with E-state index in [4.69, 9.17) is 25.8 Å². The lowest BCUT2D eigenvalue weighted by atomic mass is 9.94. The maximum atomic E-state index is 13.9. The molecule has 0 radical (unpaired) electrons. The van der Waals surface area contributed by atoms with Crippen LogP contribution in [0.15, 0.2) is 70.6 Å². The first-order valence-electron chi connectivity index (χ1n) is 15.8. The van der Waals surface area contributed by atoms with Gasteiger partial charge in [0.05, 0.1) is 24.8 Å². The van der Waals surface area contributed by atoms with Crippen molar-refractivity contribution in [3.63, 3.8) is 0 Å². The minimum Gasteiger partial charge on any atom is -0.507 e. The van der Waals surface area contributed by atoms with Gasteiger partial charge < -0.3 is 19.3 Å². The second-order valence-electron chi connectivity index (χ2n) is 12.1. The van der Waals surface area contributed by atoms with Crippen LogP contribution in [0.3, 0.4) is 0 Å². The summed E-state index contributed by atoms with van der Waals surface area (Å²) in [5.41, 5.74) is 2.90. The molecule has 48 heavy (non-hydrogen) atoms. The van der Waals surface area contributed by atoms with Crippen molar-refractivity contribution >= 4 is 57.3 Å². The van der Waals surface area contributed by atoms with Crippen LogP contribution >= 0.6 is 34.7 Å². The SMILES string of the molecule is CCOc1cc([C@H]2C(=C(O)c3ccc4c(c3)C[C@H](C)O4)C(=O)C(=O)N2c2nnc(SCc3ccc(Cl)cc3)s2)ccc1OCCC(C)C. The highest BCUT2D eigenvalue weighted by Crippen LogP contribution is 2.46. The van der Waals surface area contributed by atoms with Crippen LogP contribution < -0.4 is 19.1 Å². The molecular formula is C36H36ClN3O6S2. The van der Waals surface area contributed by atoms with Gasteiger partial charge in [-0.2, -0.15) is 0 Å². The van der Waals surface area contributed by atoms with Gasteiger partial charge in [0, 0.05) is 22.8 Å². The lowest BCUT2D eigenvalue weighted by Crippen LogP contribution is -2.29. The number of fused-ring (bicyclic) bond motifs is 1. The number of aliphatic hydroxyl groups excluding tert-OH is 1. The normalized spacial score (nSPS) is 18.3. The van der Waals surface area contributed by atoms with Crippen LogP contribution in [0.5, 0.6) is 17.2 Å². The van der Waals surface area contributed by atoms with E-state index in [-0.39, 0.29) is 22.6 Å². The van der Waals surface area contributed by atoms with Crippen LogP contribution in [0.2, 0.25) is 5.02 Å². The highest BCUT2D eigenvalue weighted by Gasteiger charge is 2.48. The molecule has 0 unspecified atom stereocenters. The summed E-state index contributed by atoms with van der Waals surface area (Å²) in [6.45, 7) is 8.99.